The zero-order valence-corrected chi connectivity index (χ0v) is 16.3. The Balaban J connectivity index is 1.42. The monoisotopic (exact) mass is 408 g/mol. The van der Waals surface area contributed by atoms with Crippen LogP contribution in [0.5, 0.6) is 0 Å². The van der Waals surface area contributed by atoms with Crippen molar-refractivity contribution in [1.29, 1.82) is 0 Å². The fourth-order valence-corrected chi connectivity index (χ4v) is 2.55. The quantitative estimate of drug-likeness (QED) is 0.346. The molecule has 148 valence electrons. The van der Waals surface area contributed by atoms with E-state index in [-0.39, 0.29) is 16.9 Å². The molecule has 8 heteroatoms. The van der Waals surface area contributed by atoms with Gasteiger partial charge in [0.15, 0.2) is 5.11 Å². The molecule has 2 aromatic carbocycles. The number of amides is 3. The third-order valence-electron chi connectivity index (χ3n) is 4.12. The molecule has 0 aromatic heterocycles. The molecule has 1 aliphatic carbocycles. The molecule has 0 heterocycles. The van der Waals surface area contributed by atoms with Gasteiger partial charge in [-0.15, -0.1) is 0 Å². The maximum absolute atomic E-state index is 12.2. The second kappa shape index (κ2) is 9.61. The van der Waals surface area contributed by atoms with Gasteiger partial charge in [0.1, 0.15) is 0 Å². The second-order valence-electron chi connectivity index (χ2n) is 6.48. The highest BCUT2D eigenvalue weighted by atomic mass is 32.1. The van der Waals surface area contributed by atoms with Crippen LogP contribution in [0.2, 0.25) is 0 Å². The molecule has 0 bridgehead atoms. The van der Waals surface area contributed by atoms with Crippen LogP contribution in [0.25, 0.3) is 6.08 Å². The van der Waals surface area contributed by atoms with Crippen LogP contribution in [0.15, 0.2) is 60.7 Å². The van der Waals surface area contributed by atoms with E-state index in [0.29, 0.717) is 11.3 Å². The molecule has 0 spiro atoms. The Morgan fingerprint density at radius 2 is 1.62 bits per heavy atom. The summed E-state index contributed by atoms with van der Waals surface area (Å²) in [5, 5.41) is 5.21. The average molecular weight is 408 g/mol. The van der Waals surface area contributed by atoms with Crippen LogP contribution in [0.3, 0.4) is 0 Å². The van der Waals surface area contributed by atoms with Gasteiger partial charge in [-0.05, 0) is 61.0 Å². The molecule has 29 heavy (non-hydrogen) atoms. The van der Waals surface area contributed by atoms with Gasteiger partial charge in [0, 0.05) is 23.2 Å². The van der Waals surface area contributed by atoms with E-state index in [2.05, 4.69) is 21.5 Å². The summed E-state index contributed by atoms with van der Waals surface area (Å²) in [6, 6.07) is 15.8. The van der Waals surface area contributed by atoms with E-state index in [1.54, 1.807) is 30.3 Å². The zero-order valence-electron chi connectivity index (χ0n) is 15.5. The van der Waals surface area contributed by atoms with E-state index in [4.69, 9.17) is 12.2 Å². The predicted molar refractivity (Wildman–Crippen MR) is 115 cm³/mol. The van der Waals surface area contributed by atoms with Crippen molar-refractivity contribution in [3.05, 3.63) is 71.8 Å². The number of anilines is 1. The SMILES string of the molecule is O=C(C=Cc1ccccc1)NC(=S)NNC(=O)c1ccc(NC(=O)C2CC2)cc1. The second-order valence-corrected chi connectivity index (χ2v) is 6.89. The summed E-state index contributed by atoms with van der Waals surface area (Å²) >= 11 is 4.99. The van der Waals surface area contributed by atoms with Gasteiger partial charge in [0.05, 0.1) is 0 Å². The van der Waals surface area contributed by atoms with Gasteiger partial charge in [-0.3, -0.25) is 30.6 Å². The normalized spacial score (nSPS) is 12.8. The van der Waals surface area contributed by atoms with E-state index >= 15 is 0 Å². The first-order valence-corrected chi connectivity index (χ1v) is 9.47. The molecule has 1 fully saturated rings. The Morgan fingerprint density at radius 3 is 2.28 bits per heavy atom. The number of hydrazine groups is 1. The van der Waals surface area contributed by atoms with E-state index in [1.165, 1.54) is 6.08 Å². The van der Waals surface area contributed by atoms with Crippen molar-refractivity contribution in [3.63, 3.8) is 0 Å². The minimum Gasteiger partial charge on any atom is -0.326 e. The number of nitrogens with one attached hydrogen (secondary N) is 4. The molecule has 0 aliphatic heterocycles. The molecular weight excluding hydrogens is 388 g/mol. The molecule has 0 saturated heterocycles. The number of hydrogen-bond acceptors (Lipinski definition) is 4. The minimum absolute atomic E-state index is 0.00581. The van der Waals surface area contributed by atoms with Crippen LogP contribution in [0.1, 0.15) is 28.8 Å². The van der Waals surface area contributed by atoms with E-state index in [0.717, 1.165) is 18.4 Å². The maximum atomic E-state index is 12.2. The van der Waals surface area contributed by atoms with Gasteiger partial charge >= 0.3 is 0 Å². The van der Waals surface area contributed by atoms with Gasteiger partial charge in [0.2, 0.25) is 11.8 Å². The molecule has 1 aliphatic rings. The van der Waals surface area contributed by atoms with E-state index in [1.807, 2.05) is 30.3 Å². The Labute approximate surface area is 173 Å². The van der Waals surface area contributed by atoms with Crippen LogP contribution in [0, 0.1) is 5.92 Å². The van der Waals surface area contributed by atoms with Crippen molar-refractivity contribution in [3.8, 4) is 0 Å². The van der Waals surface area contributed by atoms with Crippen LogP contribution in [-0.2, 0) is 9.59 Å². The van der Waals surface area contributed by atoms with Crippen LogP contribution in [-0.4, -0.2) is 22.8 Å². The average Bonchev–Trinajstić information content (AvgIpc) is 3.57. The first-order valence-electron chi connectivity index (χ1n) is 9.06. The third kappa shape index (κ3) is 6.54. The highest BCUT2D eigenvalue weighted by Gasteiger charge is 2.29. The molecule has 3 amide bonds. The smallest absolute Gasteiger partial charge is 0.269 e. The van der Waals surface area contributed by atoms with Gasteiger partial charge in [-0.2, -0.15) is 0 Å². The fourth-order valence-electron chi connectivity index (χ4n) is 2.40. The Morgan fingerprint density at radius 1 is 0.931 bits per heavy atom. The number of carbonyl (C=O) groups excluding carboxylic acids is 3. The summed E-state index contributed by atoms with van der Waals surface area (Å²) in [4.78, 5) is 35.7. The standard InChI is InChI=1S/C21H20N4O3S/c26-18(13-6-14-4-2-1-3-5-14)23-21(29)25-24-20(28)16-9-11-17(12-10-16)22-19(27)15-7-8-15/h1-6,9-13,15H,7-8H2,(H,22,27)(H,24,28)(H2,23,25,26,29). The topological polar surface area (TPSA) is 99.3 Å². The van der Waals surface area contributed by atoms with Gasteiger partial charge in [-0.1, -0.05) is 30.3 Å². The number of carbonyl (C=O) groups is 3. The Kier molecular flexibility index (Phi) is 6.70. The van der Waals surface area contributed by atoms with Crippen LogP contribution < -0.4 is 21.5 Å². The first kappa shape index (κ1) is 20.2. The molecular formula is C21H20N4O3S. The van der Waals surface area contributed by atoms with Crippen molar-refractivity contribution in [1.82, 2.24) is 16.2 Å². The van der Waals surface area contributed by atoms with Gasteiger partial charge in [0.25, 0.3) is 5.91 Å². The molecule has 4 N–H and O–H groups in total. The summed E-state index contributed by atoms with van der Waals surface area (Å²) in [5.74, 6) is -0.731. The maximum Gasteiger partial charge on any atom is 0.269 e. The summed E-state index contributed by atoms with van der Waals surface area (Å²) < 4.78 is 0. The molecule has 0 unspecified atom stereocenters. The highest BCUT2D eigenvalue weighted by molar-refractivity contribution is 7.80. The third-order valence-corrected chi connectivity index (χ3v) is 4.32. The lowest BCUT2D eigenvalue weighted by molar-refractivity contribution is -0.117. The molecule has 0 radical (unpaired) electrons. The lowest BCUT2D eigenvalue weighted by Gasteiger charge is -2.10. The number of hydrogen-bond donors (Lipinski definition) is 4. The van der Waals surface area contributed by atoms with E-state index < -0.39 is 11.8 Å². The first-order chi connectivity index (χ1) is 14.0. The predicted octanol–water partition coefficient (Wildman–Crippen LogP) is 2.38. The largest absolute Gasteiger partial charge is 0.326 e. The van der Waals surface area contributed by atoms with Gasteiger partial charge < -0.3 is 5.32 Å². The highest BCUT2D eigenvalue weighted by Crippen LogP contribution is 2.30. The number of benzene rings is 2. The van der Waals surface area contributed by atoms with Crippen molar-refractivity contribution < 1.29 is 14.4 Å². The minimum atomic E-state index is -0.429. The van der Waals surface area contributed by atoms with Crippen molar-refractivity contribution in [2.24, 2.45) is 5.92 Å². The molecule has 0 atom stereocenters. The Hall–Kier alpha value is -3.52. The van der Waals surface area contributed by atoms with E-state index in [9.17, 15) is 14.4 Å². The lowest BCUT2D eigenvalue weighted by atomic mass is 10.2. The summed E-state index contributed by atoms with van der Waals surface area (Å²) in [6.07, 6.45) is 4.85. The van der Waals surface area contributed by atoms with Crippen LogP contribution in [0.4, 0.5) is 5.69 Å². The number of thiocarbonyl (C=S) groups is 1. The molecule has 2 aromatic rings. The van der Waals surface area contributed by atoms with Crippen molar-refractivity contribution in [2.75, 3.05) is 5.32 Å². The van der Waals surface area contributed by atoms with Crippen molar-refractivity contribution in [2.45, 2.75) is 12.8 Å². The molecule has 1 saturated carbocycles. The fraction of sp³-hybridized carbons (Fsp3) is 0.143. The van der Waals surface area contributed by atoms with Gasteiger partial charge in [-0.25, -0.2) is 0 Å². The summed E-state index contributed by atoms with van der Waals surface area (Å²) in [5.41, 5.74) is 6.78. The molecule has 7 nitrogen and oxygen atoms in total. The zero-order chi connectivity index (χ0) is 20.6. The van der Waals surface area contributed by atoms with Crippen molar-refractivity contribution >= 4 is 46.8 Å². The Bertz CT molecular complexity index is 938. The molecule has 3 rings (SSSR count). The number of rotatable bonds is 5. The summed E-state index contributed by atoms with van der Waals surface area (Å²) in [7, 11) is 0. The lowest BCUT2D eigenvalue weighted by Crippen LogP contribution is -2.48. The van der Waals surface area contributed by atoms with Crippen LogP contribution >= 0.6 is 12.2 Å². The summed E-state index contributed by atoms with van der Waals surface area (Å²) in [6.45, 7) is 0.